The van der Waals surface area contributed by atoms with Crippen molar-refractivity contribution in [2.75, 3.05) is 26.0 Å². The number of likely N-dealkylation sites (N-methyl/N-ethyl adjacent to an activating group) is 1. The van der Waals surface area contributed by atoms with Crippen LogP contribution in [0.15, 0.2) is 48.5 Å². The molecule has 0 unspecified atom stereocenters. The van der Waals surface area contributed by atoms with Gasteiger partial charge in [0.2, 0.25) is 11.9 Å². The molecule has 1 amide bonds. The van der Waals surface area contributed by atoms with Crippen molar-refractivity contribution in [2.45, 2.75) is 0 Å². The fourth-order valence-electron chi connectivity index (χ4n) is 2.50. The molecule has 0 bridgehead atoms. The Morgan fingerprint density at radius 2 is 1.88 bits per heavy atom. The molecule has 7 heteroatoms. The van der Waals surface area contributed by atoms with Crippen molar-refractivity contribution >= 4 is 35.3 Å². The highest BCUT2D eigenvalue weighted by molar-refractivity contribution is 5.93. The Morgan fingerprint density at radius 1 is 1.17 bits per heavy atom. The molecule has 2 N–H and O–H groups in total. The summed E-state index contributed by atoms with van der Waals surface area (Å²) in [4.78, 5) is 16.5. The number of imidazole rings is 1. The summed E-state index contributed by atoms with van der Waals surface area (Å²) >= 11 is 0. The van der Waals surface area contributed by atoms with Gasteiger partial charge in [0.1, 0.15) is 5.75 Å². The third kappa shape index (κ3) is 3.34. The summed E-state index contributed by atoms with van der Waals surface area (Å²) < 4.78 is 7.34. The van der Waals surface area contributed by atoms with Crippen molar-refractivity contribution in [2.24, 2.45) is 0 Å². The lowest BCUT2D eigenvalue weighted by Gasteiger charge is -2.13. The minimum atomic E-state index is -0.154. The largest absolute Gasteiger partial charge is 0.495 e. The maximum atomic E-state index is 12.0. The van der Waals surface area contributed by atoms with E-state index in [9.17, 15) is 4.79 Å². The molecule has 1 heterocycles. The van der Waals surface area contributed by atoms with Crippen LogP contribution >= 0.6 is 12.4 Å². The number of ether oxygens (including phenoxy) is 1. The zero-order chi connectivity index (χ0) is 16.2. The molecular formula is C17H19ClN4O2. The molecule has 0 atom stereocenters. The third-order valence-electron chi connectivity index (χ3n) is 3.48. The number of hydrogen-bond acceptors (Lipinski definition) is 4. The second-order valence-corrected chi connectivity index (χ2v) is 5.01. The zero-order valence-corrected chi connectivity index (χ0v) is 14.3. The molecule has 24 heavy (non-hydrogen) atoms. The van der Waals surface area contributed by atoms with Crippen LogP contribution in [0.4, 0.5) is 5.95 Å². The number of aromatic nitrogens is 2. The van der Waals surface area contributed by atoms with Crippen LogP contribution in [-0.2, 0) is 4.79 Å². The van der Waals surface area contributed by atoms with E-state index in [1.165, 1.54) is 0 Å². The number of nitrogens with zero attached hydrogens (tertiary/aromatic N) is 2. The van der Waals surface area contributed by atoms with Crippen LogP contribution in [0.1, 0.15) is 0 Å². The number of amides is 1. The third-order valence-corrected chi connectivity index (χ3v) is 3.48. The number of benzene rings is 2. The minimum absolute atomic E-state index is 0. The predicted molar refractivity (Wildman–Crippen MR) is 97.4 cm³/mol. The molecule has 3 rings (SSSR count). The van der Waals surface area contributed by atoms with Crippen LogP contribution < -0.4 is 15.4 Å². The summed E-state index contributed by atoms with van der Waals surface area (Å²) in [5, 5.41) is 5.68. The molecule has 0 aliphatic heterocycles. The van der Waals surface area contributed by atoms with E-state index in [0.29, 0.717) is 11.7 Å². The van der Waals surface area contributed by atoms with Crippen molar-refractivity contribution in [3.05, 3.63) is 48.5 Å². The monoisotopic (exact) mass is 346 g/mol. The first kappa shape index (κ1) is 17.8. The van der Waals surface area contributed by atoms with Crippen LogP contribution in [0.3, 0.4) is 0 Å². The first-order chi connectivity index (χ1) is 11.2. The number of halogens is 1. The molecule has 2 aromatic carbocycles. The maximum Gasteiger partial charge on any atom is 0.240 e. The Hall–Kier alpha value is -2.57. The highest BCUT2D eigenvalue weighted by Crippen LogP contribution is 2.30. The fraction of sp³-hybridized carbons (Fsp3) is 0.176. The van der Waals surface area contributed by atoms with Gasteiger partial charge < -0.3 is 10.1 Å². The van der Waals surface area contributed by atoms with Gasteiger partial charge in [-0.05, 0) is 31.3 Å². The number of anilines is 1. The molecule has 0 saturated carbocycles. The molecule has 0 aliphatic carbocycles. The predicted octanol–water partition coefficient (Wildman–Crippen LogP) is 2.61. The summed E-state index contributed by atoms with van der Waals surface area (Å²) in [7, 11) is 3.35. The maximum absolute atomic E-state index is 12.0. The summed E-state index contributed by atoms with van der Waals surface area (Å²) in [6, 6.07) is 15.4. The zero-order valence-electron chi connectivity index (χ0n) is 13.4. The van der Waals surface area contributed by atoms with Gasteiger partial charge in [-0.1, -0.05) is 24.3 Å². The Bertz CT molecular complexity index is 847. The molecule has 3 aromatic rings. The number of hydrogen-bond donors (Lipinski definition) is 2. The van der Waals surface area contributed by atoms with Crippen LogP contribution in [-0.4, -0.2) is 36.2 Å². The van der Waals surface area contributed by atoms with Gasteiger partial charge >= 0.3 is 0 Å². The van der Waals surface area contributed by atoms with Crippen LogP contribution in [0.25, 0.3) is 16.7 Å². The number of fused-ring (bicyclic) bond motifs is 1. The van der Waals surface area contributed by atoms with Crippen LogP contribution in [0.2, 0.25) is 0 Å². The van der Waals surface area contributed by atoms with E-state index < -0.39 is 0 Å². The Balaban J connectivity index is 0.00000208. The van der Waals surface area contributed by atoms with E-state index in [2.05, 4.69) is 15.6 Å². The lowest BCUT2D eigenvalue weighted by molar-refractivity contribution is -0.115. The first-order valence-electron chi connectivity index (χ1n) is 7.30. The fourth-order valence-corrected chi connectivity index (χ4v) is 2.50. The lowest BCUT2D eigenvalue weighted by atomic mass is 10.2. The molecule has 0 saturated heterocycles. The van der Waals surface area contributed by atoms with E-state index in [4.69, 9.17) is 4.74 Å². The topological polar surface area (TPSA) is 68.2 Å². The SMILES string of the molecule is CNCC(=O)Nc1nc2ccccc2n1-c1ccccc1OC.Cl. The number of rotatable bonds is 5. The second-order valence-electron chi connectivity index (χ2n) is 5.01. The van der Waals surface area contributed by atoms with Crippen LogP contribution in [0.5, 0.6) is 5.75 Å². The summed E-state index contributed by atoms with van der Waals surface area (Å²) in [5.41, 5.74) is 2.53. The number of carbonyl (C=O) groups is 1. The molecule has 0 fully saturated rings. The molecule has 0 radical (unpaired) electrons. The highest BCUT2D eigenvalue weighted by atomic mass is 35.5. The molecular weight excluding hydrogens is 328 g/mol. The molecule has 0 aliphatic rings. The summed E-state index contributed by atoms with van der Waals surface area (Å²) in [6.07, 6.45) is 0. The van der Waals surface area contributed by atoms with Gasteiger partial charge in [0.15, 0.2) is 0 Å². The van der Waals surface area contributed by atoms with E-state index in [0.717, 1.165) is 16.7 Å². The standard InChI is InChI=1S/C17H18N4O2.ClH/c1-18-11-16(22)20-17-19-12-7-3-4-8-13(12)21(17)14-9-5-6-10-15(14)23-2;/h3-10,18H,11H2,1-2H3,(H,19,20,22);1H. The van der Waals surface area contributed by atoms with Crippen molar-refractivity contribution in [1.29, 1.82) is 0 Å². The van der Waals surface area contributed by atoms with Gasteiger partial charge in [-0.25, -0.2) is 4.98 Å². The van der Waals surface area contributed by atoms with Gasteiger partial charge in [0.05, 0.1) is 30.4 Å². The van der Waals surface area contributed by atoms with E-state index in [-0.39, 0.29) is 24.9 Å². The van der Waals surface area contributed by atoms with Gasteiger partial charge in [-0.3, -0.25) is 14.7 Å². The molecule has 0 spiro atoms. The van der Waals surface area contributed by atoms with Crippen LogP contribution in [0, 0.1) is 0 Å². The van der Waals surface area contributed by atoms with Gasteiger partial charge in [0, 0.05) is 0 Å². The van der Waals surface area contributed by atoms with Crippen molar-refractivity contribution in [3.8, 4) is 11.4 Å². The number of methoxy groups -OCH3 is 1. The number of carbonyl (C=O) groups excluding carboxylic acids is 1. The minimum Gasteiger partial charge on any atom is -0.495 e. The van der Waals surface area contributed by atoms with Gasteiger partial charge in [-0.15, -0.1) is 12.4 Å². The molecule has 126 valence electrons. The number of para-hydroxylation sites is 4. The average Bonchev–Trinajstić information content (AvgIpc) is 2.92. The average molecular weight is 347 g/mol. The van der Waals surface area contributed by atoms with Crippen molar-refractivity contribution in [1.82, 2.24) is 14.9 Å². The van der Waals surface area contributed by atoms with Crippen molar-refractivity contribution < 1.29 is 9.53 Å². The Kier molecular flexibility index (Phi) is 5.78. The quantitative estimate of drug-likeness (QED) is 0.745. The van der Waals surface area contributed by atoms with Gasteiger partial charge in [-0.2, -0.15) is 0 Å². The van der Waals surface area contributed by atoms with E-state index in [1.54, 1.807) is 14.2 Å². The smallest absolute Gasteiger partial charge is 0.240 e. The first-order valence-corrected chi connectivity index (χ1v) is 7.30. The van der Waals surface area contributed by atoms with Crippen molar-refractivity contribution in [3.63, 3.8) is 0 Å². The Morgan fingerprint density at radius 3 is 2.62 bits per heavy atom. The van der Waals surface area contributed by atoms with Gasteiger partial charge in [0.25, 0.3) is 0 Å². The highest BCUT2D eigenvalue weighted by Gasteiger charge is 2.16. The lowest BCUT2D eigenvalue weighted by Crippen LogP contribution is -2.26. The molecule has 1 aromatic heterocycles. The van der Waals surface area contributed by atoms with E-state index in [1.807, 2.05) is 53.1 Å². The molecule has 6 nitrogen and oxygen atoms in total. The van der Waals surface area contributed by atoms with E-state index >= 15 is 0 Å². The normalized spacial score (nSPS) is 10.2. The second kappa shape index (κ2) is 7.81. The number of nitrogens with one attached hydrogen (secondary N) is 2. The summed E-state index contributed by atoms with van der Waals surface area (Å²) in [5.74, 6) is 1.02. The Labute approximate surface area is 146 Å². The summed E-state index contributed by atoms with van der Waals surface area (Å²) in [6.45, 7) is 0.217.